The SMILES string of the molecule is CCNC(=NCC(C)Oc1cccc(OC)c1)NCCc1nc(C)c(C)s1.I. The van der Waals surface area contributed by atoms with Gasteiger partial charge in [-0.3, -0.25) is 0 Å². The Morgan fingerprint density at radius 3 is 2.64 bits per heavy atom. The van der Waals surface area contributed by atoms with Crippen LogP contribution in [0, 0.1) is 13.8 Å². The second kappa shape index (κ2) is 12.8. The quantitative estimate of drug-likeness (QED) is 0.299. The molecule has 2 rings (SSSR count). The summed E-state index contributed by atoms with van der Waals surface area (Å²) in [6, 6.07) is 7.61. The topological polar surface area (TPSA) is 67.8 Å². The number of ether oxygens (including phenoxy) is 2. The second-order valence-electron chi connectivity index (χ2n) is 6.25. The van der Waals surface area contributed by atoms with E-state index in [1.165, 1.54) is 4.88 Å². The van der Waals surface area contributed by atoms with Crippen LogP contribution in [0.5, 0.6) is 11.5 Å². The fraction of sp³-hybridized carbons (Fsp3) is 0.500. The molecule has 0 aliphatic carbocycles. The smallest absolute Gasteiger partial charge is 0.191 e. The maximum Gasteiger partial charge on any atom is 0.191 e. The molecule has 0 fully saturated rings. The van der Waals surface area contributed by atoms with Crippen molar-refractivity contribution in [2.24, 2.45) is 4.99 Å². The molecule has 8 heteroatoms. The molecule has 1 unspecified atom stereocenters. The lowest BCUT2D eigenvalue weighted by atomic mass is 10.3. The number of hydrogen-bond donors (Lipinski definition) is 2. The average Bonchev–Trinajstić information content (AvgIpc) is 2.97. The third kappa shape index (κ3) is 8.22. The first kappa shape index (κ1) is 24.5. The second-order valence-corrected chi connectivity index (χ2v) is 7.54. The predicted molar refractivity (Wildman–Crippen MR) is 128 cm³/mol. The zero-order chi connectivity index (χ0) is 19.6. The van der Waals surface area contributed by atoms with E-state index in [4.69, 9.17) is 9.47 Å². The minimum Gasteiger partial charge on any atom is -0.497 e. The van der Waals surface area contributed by atoms with Crippen LogP contribution in [0.4, 0.5) is 0 Å². The van der Waals surface area contributed by atoms with Crippen LogP contribution < -0.4 is 20.1 Å². The number of nitrogens with zero attached hydrogens (tertiary/aromatic N) is 2. The lowest BCUT2D eigenvalue weighted by Gasteiger charge is -2.15. The van der Waals surface area contributed by atoms with Gasteiger partial charge in [0.05, 0.1) is 24.4 Å². The summed E-state index contributed by atoms with van der Waals surface area (Å²) in [7, 11) is 1.65. The number of thiazole rings is 1. The van der Waals surface area contributed by atoms with Crippen LogP contribution in [0.15, 0.2) is 29.3 Å². The molecule has 1 aromatic heterocycles. The summed E-state index contributed by atoms with van der Waals surface area (Å²) in [5.74, 6) is 2.36. The Morgan fingerprint density at radius 2 is 2.00 bits per heavy atom. The zero-order valence-electron chi connectivity index (χ0n) is 17.2. The largest absolute Gasteiger partial charge is 0.497 e. The van der Waals surface area contributed by atoms with Crippen LogP contribution in [0.2, 0.25) is 0 Å². The molecule has 0 aliphatic rings. The zero-order valence-corrected chi connectivity index (χ0v) is 20.4. The van der Waals surface area contributed by atoms with E-state index >= 15 is 0 Å². The van der Waals surface area contributed by atoms with Gasteiger partial charge >= 0.3 is 0 Å². The molecule has 0 aliphatic heterocycles. The Labute approximate surface area is 189 Å². The van der Waals surface area contributed by atoms with Gasteiger partial charge in [-0.25, -0.2) is 9.98 Å². The molecule has 0 saturated heterocycles. The summed E-state index contributed by atoms with van der Waals surface area (Å²) < 4.78 is 11.1. The van der Waals surface area contributed by atoms with Crippen molar-refractivity contribution >= 4 is 41.3 Å². The van der Waals surface area contributed by atoms with E-state index in [1.54, 1.807) is 18.4 Å². The van der Waals surface area contributed by atoms with Crippen molar-refractivity contribution in [3.8, 4) is 11.5 Å². The molecule has 2 N–H and O–H groups in total. The fourth-order valence-corrected chi connectivity index (χ4v) is 3.37. The van der Waals surface area contributed by atoms with Crippen LogP contribution in [0.3, 0.4) is 0 Å². The molecule has 0 radical (unpaired) electrons. The molecule has 1 aromatic carbocycles. The maximum absolute atomic E-state index is 5.92. The number of methoxy groups -OCH3 is 1. The number of rotatable bonds is 9. The van der Waals surface area contributed by atoms with Gasteiger partial charge in [-0.2, -0.15) is 0 Å². The molecule has 0 spiro atoms. The number of aliphatic imine (C=N–C) groups is 1. The van der Waals surface area contributed by atoms with Gasteiger partial charge in [0.25, 0.3) is 0 Å². The van der Waals surface area contributed by atoms with Gasteiger partial charge < -0.3 is 20.1 Å². The number of hydrogen-bond acceptors (Lipinski definition) is 5. The highest BCUT2D eigenvalue weighted by molar-refractivity contribution is 14.0. The Hall–Kier alpha value is -1.55. The minimum absolute atomic E-state index is 0. The average molecular weight is 518 g/mol. The van der Waals surface area contributed by atoms with Gasteiger partial charge in [-0.1, -0.05) is 6.07 Å². The lowest BCUT2D eigenvalue weighted by molar-refractivity contribution is 0.229. The molecule has 1 heterocycles. The molecule has 0 bridgehead atoms. The van der Waals surface area contributed by atoms with Crippen molar-refractivity contribution in [3.63, 3.8) is 0 Å². The van der Waals surface area contributed by atoms with E-state index < -0.39 is 0 Å². The summed E-state index contributed by atoms with van der Waals surface area (Å²) in [4.78, 5) is 10.5. The first-order valence-corrected chi connectivity index (χ1v) is 10.1. The van der Waals surface area contributed by atoms with Crippen LogP contribution in [0.1, 0.15) is 29.4 Å². The van der Waals surface area contributed by atoms with Gasteiger partial charge in [-0.15, -0.1) is 35.3 Å². The van der Waals surface area contributed by atoms with Gasteiger partial charge in [0.2, 0.25) is 0 Å². The van der Waals surface area contributed by atoms with Gasteiger partial charge in [-0.05, 0) is 39.8 Å². The van der Waals surface area contributed by atoms with E-state index in [1.807, 2.05) is 31.2 Å². The Kier molecular flexibility index (Phi) is 11.2. The number of aromatic nitrogens is 1. The Balaban J connectivity index is 0.00000392. The first-order valence-electron chi connectivity index (χ1n) is 9.27. The number of nitrogens with one attached hydrogen (secondary N) is 2. The van der Waals surface area contributed by atoms with E-state index in [0.29, 0.717) is 6.54 Å². The molecular weight excluding hydrogens is 487 g/mol. The van der Waals surface area contributed by atoms with Gasteiger partial charge in [0.1, 0.15) is 17.6 Å². The predicted octanol–water partition coefficient (Wildman–Crippen LogP) is 3.95. The molecule has 156 valence electrons. The van der Waals surface area contributed by atoms with Crippen molar-refractivity contribution in [2.75, 3.05) is 26.7 Å². The number of halogens is 1. The lowest BCUT2D eigenvalue weighted by Crippen LogP contribution is -2.39. The minimum atomic E-state index is -0.0446. The fourth-order valence-electron chi connectivity index (χ4n) is 2.44. The first-order chi connectivity index (χ1) is 13.0. The van der Waals surface area contributed by atoms with Crippen molar-refractivity contribution in [2.45, 2.75) is 40.2 Å². The third-order valence-corrected chi connectivity index (χ3v) is 5.07. The molecular formula is C20H31IN4O2S. The maximum atomic E-state index is 5.92. The third-order valence-electron chi connectivity index (χ3n) is 3.93. The summed E-state index contributed by atoms with van der Waals surface area (Å²) in [6.07, 6.45) is 0.844. The van der Waals surface area contributed by atoms with Gasteiger partial charge in [0, 0.05) is 30.5 Å². The Bertz CT molecular complexity index is 732. The van der Waals surface area contributed by atoms with Crippen molar-refractivity contribution in [1.29, 1.82) is 0 Å². The molecule has 0 amide bonds. The van der Waals surface area contributed by atoms with Crippen molar-refractivity contribution in [3.05, 3.63) is 39.8 Å². The van der Waals surface area contributed by atoms with Crippen molar-refractivity contribution < 1.29 is 9.47 Å². The van der Waals surface area contributed by atoms with Crippen LogP contribution in [-0.4, -0.2) is 43.8 Å². The van der Waals surface area contributed by atoms with E-state index in [0.717, 1.165) is 47.7 Å². The number of benzene rings is 1. The number of guanidine groups is 1. The Morgan fingerprint density at radius 1 is 1.25 bits per heavy atom. The normalized spacial score (nSPS) is 12.1. The van der Waals surface area contributed by atoms with E-state index in [2.05, 4.69) is 41.4 Å². The van der Waals surface area contributed by atoms with Crippen LogP contribution in [-0.2, 0) is 6.42 Å². The molecule has 28 heavy (non-hydrogen) atoms. The van der Waals surface area contributed by atoms with Crippen LogP contribution >= 0.6 is 35.3 Å². The monoisotopic (exact) mass is 518 g/mol. The van der Waals surface area contributed by atoms with Crippen molar-refractivity contribution in [1.82, 2.24) is 15.6 Å². The highest BCUT2D eigenvalue weighted by atomic mass is 127. The molecule has 0 saturated carbocycles. The summed E-state index contributed by atoms with van der Waals surface area (Å²) in [5.41, 5.74) is 1.12. The summed E-state index contributed by atoms with van der Waals surface area (Å²) >= 11 is 1.76. The van der Waals surface area contributed by atoms with E-state index in [9.17, 15) is 0 Å². The molecule has 2 aromatic rings. The summed E-state index contributed by atoms with van der Waals surface area (Å²) in [5, 5.41) is 7.79. The standard InChI is InChI=1S/C20H30N4O2S.HI/c1-6-21-20(22-11-10-19-24-15(3)16(4)27-19)23-13-14(2)26-18-9-7-8-17(12-18)25-5;/h7-9,12,14H,6,10-11,13H2,1-5H3,(H2,21,22,23);1H. The number of aryl methyl sites for hydroxylation is 2. The molecule has 1 atom stereocenters. The molecule has 6 nitrogen and oxygen atoms in total. The van der Waals surface area contributed by atoms with E-state index in [-0.39, 0.29) is 30.1 Å². The highest BCUT2D eigenvalue weighted by Gasteiger charge is 2.07. The van der Waals surface area contributed by atoms with Crippen LogP contribution in [0.25, 0.3) is 0 Å². The highest BCUT2D eigenvalue weighted by Crippen LogP contribution is 2.20. The summed E-state index contributed by atoms with van der Waals surface area (Å²) in [6.45, 7) is 10.4. The van der Waals surface area contributed by atoms with Gasteiger partial charge in [0.15, 0.2) is 5.96 Å².